The Morgan fingerprint density at radius 3 is 2.50 bits per heavy atom. The molecule has 0 heterocycles. The van der Waals surface area contributed by atoms with Crippen molar-refractivity contribution in [2.24, 2.45) is 5.92 Å². The van der Waals surface area contributed by atoms with Gasteiger partial charge < -0.3 is 10.4 Å². The van der Waals surface area contributed by atoms with E-state index in [-0.39, 0.29) is 11.7 Å². The molecule has 16 heavy (non-hydrogen) atoms. The minimum Gasteiger partial charge on any atom is -0.508 e. The zero-order chi connectivity index (χ0) is 12.0. The lowest BCUT2D eigenvalue weighted by molar-refractivity contribution is -0.116. The first-order valence-electron chi connectivity index (χ1n) is 5.67. The van der Waals surface area contributed by atoms with Crippen molar-refractivity contribution in [3.05, 3.63) is 24.3 Å². The summed E-state index contributed by atoms with van der Waals surface area (Å²) in [6.45, 7) is 4.30. The highest BCUT2D eigenvalue weighted by atomic mass is 16.3. The largest absolute Gasteiger partial charge is 0.508 e. The van der Waals surface area contributed by atoms with Crippen molar-refractivity contribution in [1.82, 2.24) is 0 Å². The van der Waals surface area contributed by atoms with Gasteiger partial charge in [0, 0.05) is 12.1 Å². The van der Waals surface area contributed by atoms with Gasteiger partial charge in [-0.1, -0.05) is 20.3 Å². The van der Waals surface area contributed by atoms with Crippen molar-refractivity contribution in [3.8, 4) is 5.75 Å². The smallest absolute Gasteiger partial charge is 0.224 e. The first kappa shape index (κ1) is 12.6. The number of nitrogens with one attached hydrogen (secondary N) is 1. The van der Waals surface area contributed by atoms with E-state index in [1.165, 1.54) is 0 Å². The van der Waals surface area contributed by atoms with E-state index in [9.17, 15) is 4.79 Å². The number of carbonyl (C=O) groups excluding carboxylic acids is 1. The summed E-state index contributed by atoms with van der Waals surface area (Å²) in [5, 5.41) is 11.9. The van der Waals surface area contributed by atoms with E-state index >= 15 is 0 Å². The van der Waals surface area contributed by atoms with Crippen LogP contribution in [0.3, 0.4) is 0 Å². The molecule has 0 bridgehead atoms. The predicted molar refractivity (Wildman–Crippen MR) is 65.4 cm³/mol. The number of rotatable bonds is 5. The first-order chi connectivity index (χ1) is 7.58. The van der Waals surface area contributed by atoms with E-state index in [1.807, 2.05) is 0 Å². The molecule has 0 spiro atoms. The molecule has 0 saturated heterocycles. The van der Waals surface area contributed by atoms with Gasteiger partial charge in [-0.3, -0.25) is 4.79 Å². The average Bonchev–Trinajstić information content (AvgIpc) is 2.21. The van der Waals surface area contributed by atoms with Gasteiger partial charge in [-0.05, 0) is 36.6 Å². The third-order valence-electron chi connectivity index (χ3n) is 2.34. The van der Waals surface area contributed by atoms with Crippen LogP contribution in [0, 0.1) is 5.92 Å². The molecule has 1 aromatic carbocycles. The summed E-state index contributed by atoms with van der Waals surface area (Å²) < 4.78 is 0. The standard InChI is InChI=1S/C13H19NO2/c1-10(2)4-3-5-13(16)14-11-6-8-12(15)9-7-11/h6-10,15H,3-5H2,1-2H3,(H,14,16). The maximum absolute atomic E-state index is 11.5. The Bertz CT molecular complexity index is 330. The second-order valence-corrected chi connectivity index (χ2v) is 4.38. The van der Waals surface area contributed by atoms with Gasteiger partial charge in [-0.15, -0.1) is 0 Å². The Morgan fingerprint density at radius 1 is 1.31 bits per heavy atom. The van der Waals surface area contributed by atoms with Gasteiger partial charge in [-0.25, -0.2) is 0 Å². The second kappa shape index (κ2) is 6.16. The molecule has 1 amide bonds. The number of hydrogen-bond acceptors (Lipinski definition) is 2. The number of anilines is 1. The maximum atomic E-state index is 11.5. The molecule has 0 radical (unpaired) electrons. The Hall–Kier alpha value is -1.51. The zero-order valence-electron chi connectivity index (χ0n) is 9.86. The number of aromatic hydroxyl groups is 1. The molecule has 2 N–H and O–H groups in total. The van der Waals surface area contributed by atoms with Crippen LogP contribution in [0.15, 0.2) is 24.3 Å². The van der Waals surface area contributed by atoms with Crippen molar-refractivity contribution < 1.29 is 9.90 Å². The van der Waals surface area contributed by atoms with Gasteiger partial charge in [0.15, 0.2) is 0 Å². The van der Waals surface area contributed by atoms with Crippen molar-refractivity contribution >= 4 is 11.6 Å². The molecule has 0 fully saturated rings. The molecular weight excluding hydrogens is 202 g/mol. The Morgan fingerprint density at radius 2 is 1.94 bits per heavy atom. The third kappa shape index (κ3) is 4.82. The fourth-order valence-corrected chi connectivity index (χ4v) is 1.44. The highest BCUT2D eigenvalue weighted by molar-refractivity contribution is 5.90. The molecule has 0 aromatic heterocycles. The van der Waals surface area contributed by atoms with Crippen LogP contribution >= 0.6 is 0 Å². The molecule has 0 aliphatic rings. The minimum absolute atomic E-state index is 0.0336. The SMILES string of the molecule is CC(C)CCCC(=O)Nc1ccc(O)cc1. The maximum Gasteiger partial charge on any atom is 0.224 e. The lowest BCUT2D eigenvalue weighted by atomic mass is 10.1. The summed E-state index contributed by atoms with van der Waals surface area (Å²) in [6, 6.07) is 6.50. The number of benzene rings is 1. The van der Waals surface area contributed by atoms with Gasteiger partial charge in [0.1, 0.15) is 5.75 Å². The van der Waals surface area contributed by atoms with E-state index in [4.69, 9.17) is 5.11 Å². The molecule has 0 aliphatic carbocycles. The van der Waals surface area contributed by atoms with Crippen LogP contribution < -0.4 is 5.32 Å². The Labute approximate surface area is 96.5 Å². The predicted octanol–water partition coefficient (Wildman–Crippen LogP) is 3.16. The number of amides is 1. The number of carbonyl (C=O) groups is 1. The molecule has 88 valence electrons. The monoisotopic (exact) mass is 221 g/mol. The topological polar surface area (TPSA) is 49.3 Å². The van der Waals surface area contributed by atoms with E-state index < -0.39 is 0 Å². The lowest BCUT2D eigenvalue weighted by Gasteiger charge is -2.06. The van der Waals surface area contributed by atoms with E-state index in [0.717, 1.165) is 18.5 Å². The van der Waals surface area contributed by atoms with E-state index in [0.29, 0.717) is 12.3 Å². The summed E-state index contributed by atoms with van der Waals surface area (Å²) in [5.74, 6) is 0.880. The molecule has 1 rings (SSSR count). The second-order valence-electron chi connectivity index (χ2n) is 4.38. The molecular formula is C13H19NO2. The van der Waals surface area contributed by atoms with Crippen molar-refractivity contribution in [2.45, 2.75) is 33.1 Å². The molecule has 0 aliphatic heterocycles. The summed E-state index contributed by atoms with van der Waals surface area (Å²) in [7, 11) is 0. The van der Waals surface area contributed by atoms with Crippen LogP contribution in [0.25, 0.3) is 0 Å². The molecule has 1 aromatic rings. The number of phenolic OH excluding ortho intramolecular Hbond substituents is 1. The highest BCUT2D eigenvalue weighted by Crippen LogP contribution is 2.14. The number of hydrogen-bond donors (Lipinski definition) is 2. The van der Waals surface area contributed by atoms with E-state index in [1.54, 1.807) is 24.3 Å². The van der Waals surface area contributed by atoms with Crippen LogP contribution in [-0.4, -0.2) is 11.0 Å². The number of phenols is 1. The van der Waals surface area contributed by atoms with Crippen LogP contribution in [0.5, 0.6) is 5.75 Å². The summed E-state index contributed by atoms with van der Waals surface area (Å²) >= 11 is 0. The van der Waals surface area contributed by atoms with Crippen LogP contribution in [0.2, 0.25) is 0 Å². The van der Waals surface area contributed by atoms with Crippen molar-refractivity contribution in [1.29, 1.82) is 0 Å². The zero-order valence-corrected chi connectivity index (χ0v) is 9.86. The van der Waals surface area contributed by atoms with E-state index in [2.05, 4.69) is 19.2 Å². The molecule has 0 saturated carbocycles. The molecule has 0 unspecified atom stereocenters. The minimum atomic E-state index is 0.0336. The quantitative estimate of drug-likeness (QED) is 0.750. The van der Waals surface area contributed by atoms with Gasteiger partial charge in [-0.2, -0.15) is 0 Å². The van der Waals surface area contributed by atoms with Gasteiger partial charge in [0.2, 0.25) is 5.91 Å². The normalized spacial score (nSPS) is 10.4. The van der Waals surface area contributed by atoms with Crippen molar-refractivity contribution in [2.75, 3.05) is 5.32 Å². The first-order valence-corrected chi connectivity index (χ1v) is 5.67. The average molecular weight is 221 g/mol. The molecule has 0 atom stereocenters. The lowest BCUT2D eigenvalue weighted by Crippen LogP contribution is -2.11. The third-order valence-corrected chi connectivity index (χ3v) is 2.34. The van der Waals surface area contributed by atoms with Crippen molar-refractivity contribution in [3.63, 3.8) is 0 Å². The summed E-state index contributed by atoms with van der Waals surface area (Å²) in [5.41, 5.74) is 0.729. The summed E-state index contributed by atoms with van der Waals surface area (Å²) in [4.78, 5) is 11.5. The van der Waals surface area contributed by atoms with Gasteiger partial charge in [0.05, 0.1) is 0 Å². The highest BCUT2D eigenvalue weighted by Gasteiger charge is 2.03. The van der Waals surface area contributed by atoms with Crippen LogP contribution in [-0.2, 0) is 4.79 Å². The Balaban J connectivity index is 2.31. The van der Waals surface area contributed by atoms with Gasteiger partial charge >= 0.3 is 0 Å². The van der Waals surface area contributed by atoms with Crippen LogP contribution in [0.4, 0.5) is 5.69 Å². The molecule has 3 nitrogen and oxygen atoms in total. The summed E-state index contributed by atoms with van der Waals surface area (Å²) in [6.07, 6.45) is 2.55. The Kier molecular flexibility index (Phi) is 4.83. The fourth-order valence-electron chi connectivity index (χ4n) is 1.44. The fraction of sp³-hybridized carbons (Fsp3) is 0.462. The molecule has 3 heteroatoms. The van der Waals surface area contributed by atoms with Gasteiger partial charge in [0.25, 0.3) is 0 Å². The van der Waals surface area contributed by atoms with Crippen LogP contribution in [0.1, 0.15) is 33.1 Å².